The van der Waals surface area contributed by atoms with Gasteiger partial charge in [0.15, 0.2) is 6.29 Å². The third-order valence-corrected chi connectivity index (χ3v) is 3.15. The van der Waals surface area contributed by atoms with E-state index in [1.807, 2.05) is 6.92 Å². The maximum atomic E-state index is 9.85. The third-order valence-electron chi connectivity index (χ3n) is 3.15. The van der Waals surface area contributed by atoms with Gasteiger partial charge < -0.3 is 19.7 Å². The Labute approximate surface area is 89.6 Å². The smallest absolute Gasteiger partial charge is 0.182 e. The molecule has 0 amide bonds. The number of aliphatic hydroxyl groups is 2. The van der Waals surface area contributed by atoms with Crippen molar-refractivity contribution in [3.8, 4) is 0 Å². The summed E-state index contributed by atoms with van der Waals surface area (Å²) in [5.41, 5.74) is 0. The SMILES string of the molecule is CC1CC(N2CCOCC2)C(O)[C@H](O)O1. The number of aliphatic hydroxyl groups excluding tert-OH is 2. The Bertz CT molecular complexity index is 208. The Morgan fingerprint density at radius 1 is 1.20 bits per heavy atom. The fraction of sp³-hybridized carbons (Fsp3) is 1.00. The van der Waals surface area contributed by atoms with E-state index in [4.69, 9.17) is 9.47 Å². The van der Waals surface area contributed by atoms with Crippen LogP contribution in [0.1, 0.15) is 13.3 Å². The summed E-state index contributed by atoms with van der Waals surface area (Å²) in [6.07, 6.45) is -1.10. The van der Waals surface area contributed by atoms with Gasteiger partial charge in [0.1, 0.15) is 6.10 Å². The first kappa shape index (κ1) is 11.3. The Hall–Kier alpha value is -0.200. The molecule has 2 aliphatic heterocycles. The van der Waals surface area contributed by atoms with Crippen LogP contribution in [0.3, 0.4) is 0 Å². The molecule has 15 heavy (non-hydrogen) atoms. The van der Waals surface area contributed by atoms with Crippen molar-refractivity contribution >= 4 is 0 Å². The van der Waals surface area contributed by atoms with Crippen molar-refractivity contribution < 1.29 is 19.7 Å². The molecule has 2 fully saturated rings. The molecule has 2 N–H and O–H groups in total. The lowest BCUT2D eigenvalue weighted by molar-refractivity contribution is -0.236. The molecule has 0 aliphatic carbocycles. The molecule has 2 heterocycles. The summed E-state index contributed by atoms with van der Waals surface area (Å²) in [4.78, 5) is 2.18. The standard InChI is InChI=1S/C10H19NO4/c1-7-6-8(9(12)10(13)15-7)11-2-4-14-5-3-11/h7-10,12-13H,2-6H2,1H3/t7?,8?,9?,10-/m1/s1. The average molecular weight is 217 g/mol. The highest BCUT2D eigenvalue weighted by molar-refractivity contribution is 4.87. The van der Waals surface area contributed by atoms with Crippen molar-refractivity contribution in [1.82, 2.24) is 4.90 Å². The molecule has 0 spiro atoms. The minimum Gasteiger partial charge on any atom is -0.386 e. The van der Waals surface area contributed by atoms with Crippen molar-refractivity contribution in [3.05, 3.63) is 0 Å². The molecule has 0 bridgehead atoms. The van der Waals surface area contributed by atoms with Gasteiger partial charge >= 0.3 is 0 Å². The summed E-state index contributed by atoms with van der Waals surface area (Å²) in [6, 6.07) is -0.00681. The van der Waals surface area contributed by atoms with Crippen LogP contribution in [-0.4, -0.2) is 66.0 Å². The summed E-state index contributed by atoms with van der Waals surface area (Å²) in [6.45, 7) is 4.97. The molecule has 5 nitrogen and oxygen atoms in total. The summed E-state index contributed by atoms with van der Waals surface area (Å²) in [5, 5.41) is 19.4. The second-order valence-corrected chi connectivity index (χ2v) is 4.28. The summed E-state index contributed by atoms with van der Waals surface area (Å²) in [7, 11) is 0. The van der Waals surface area contributed by atoms with Crippen LogP contribution in [0, 0.1) is 0 Å². The lowest BCUT2D eigenvalue weighted by Crippen LogP contribution is -2.57. The first-order valence-electron chi connectivity index (χ1n) is 5.52. The molecule has 88 valence electrons. The number of rotatable bonds is 1. The fourth-order valence-corrected chi connectivity index (χ4v) is 2.32. The van der Waals surface area contributed by atoms with Crippen LogP contribution in [0.2, 0.25) is 0 Å². The molecule has 4 atom stereocenters. The van der Waals surface area contributed by atoms with Gasteiger partial charge in [-0.1, -0.05) is 0 Å². The van der Waals surface area contributed by atoms with Crippen LogP contribution in [0.15, 0.2) is 0 Å². The number of ether oxygens (including phenoxy) is 2. The highest BCUT2D eigenvalue weighted by Crippen LogP contribution is 2.23. The van der Waals surface area contributed by atoms with Crippen LogP contribution >= 0.6 is 0 Å². The number of morpholine rings is 1. The zero-order valence-corrected chi connectivity index (χ0v) is 9.00. The van der Waals surface area contributed by atoms with E-state index in [0.717, 1.165) is 19.5 Å². The van der Waals surface area contributed by atoms with Crippen LogP contribution in [0.4, 0.5) is 0 Å². The van der Waals surface area contributed by atoms with E-state index in [1.165, 1.54) is 0 Å². The van der Waals surface area contributed by atoms with E-state index < -0.39 is 12.4 Å². The first-order chi connectivity index (χ1) is 7.18. The fourth-order valence-electron chi connectivity index (χ4n) is 2.32. The molecule has 5 heteroatoms. The highest BCUT2D eigenvalue weighted by Gasteiger charge is 2.38. The van der Waals surface area contributed by atoms with Crippen LogP contribution < -0.4 is 0 Å². The normalized spacial score (nSPS) is 44.2. The molecule has 2 saturated heterocycles. The lowest BCUT2D eigenvalue weighted by Gasteiger charge is -2.43. The zero-order valence-electron chi connectivity index (χ0n) is 9.00. The van der Waals surface area contributed by atoms with E-state index >= 15 is 0 Å². The van der Waals surface area contributed by atoms with Crippen molar-refractivity contribution in [2.75, 3.05) is 26.3 Å². The van der Waals surface area contributed by atoms with Crippen LogP contribution in [0.5, 0.6) is 0 Å². The van der Waals surface area contributed by atoms with Crippen molar-refractivity contribution in [3.63, 3.8) is 0 Å². The van der Waals surface area contributed by atoms with Gasteiger partial charge in [-0.05, 0) is 13.3 Å². The molecule has 0 saturated carbocycles. The molecular formula is C10H19NO4. The maximum absolute atomic E-state index is 9.85. The third kappa shape index (κ3) is 2.49. The summed E-state index contributed by atoms with van der Waals surface area (Å²) < 4.78 is 10.4. The Balaban J connectivity index is 1.98. The van der Waals surface area contributed by atoms with Crippen LogP contribution in [-0.2, 0) is 9.47 Å². The van der Waals surface area contributed by atoms with Crippen molar-refractivity contribution in [2.45, 2.75) is 37.9 Å². The predicted molar refractivity (Wildman–Crippen MR) is 53.4 cm³/mol. The molecule has 0 aromatic carbocycles. The zero-order chi connectivity index (χ0) is 10.8. The molecule has 2 rings (SSSR count). The number of hydrogen-bond donors (Lipinski definition) is 2. The van der Waals surface area contributed by atoms with Gasteiger partial charge in [0.2, 0.25) is 0 Å². The Morgan fingerprint density at radius 2 is 1.87 bits per heavy atom. The number of hydrogen-bond acceptors (Lipinski definition) is 5. The quantitative estimate of drug-likeness (QED) is 0.600. The second kappa shape index (κ2) is 4.76. The van der Waals surface area contributed by atoms with Gasteiger partial charge in [-0.25, -0.2) is 0 Å². The van der Waals surface area contributed by atoms with Gasteiger partial charge in [0, 0.05) is 19.1 Å². The van der Waals surface area contributed by atoms with E-state index in [-0.39, 0.29) is 12.1 Å². The Kier molecular flexibility index (Phi) is 3.58. The average Bonchev–Trinajstić information content (AvgIpc) is 2.24. The summed E-state index contributed by atoms with van der Waals surface area (Å²) in [5.74, 6) is 0. The molecule has 2 aliphatic rings. The van der Waals surface area contributed by atoms with Gasteiger partial charge in [-0.2, -0.15) is 0 Å². The number of nitrogens with zero attached hydrogens (tertiary/aromatic N) is 1. The van der Waals surface area contributed by atoms with E-state index in [9.17, 15) is 10.2 Å². The molecule has 0 aromatic rings. The lowest BCUT2D eigenvalue weighted by atomic mass is 9.98. The molecular weight excluding hydrogens is 198 g/mol. The van der Waals surface area contributed by atoms with Crippen molar-refractivity contribution in [2.24, 2.45) is 0 Å². The molecule has 0 radical (unpaired) electrons. The largest absolute Gasteiger partial charge is 0.386 e. The minimum absolute atomic E-state index is 0.00348. The van der Waals surface area contributed by atoms with Gasteiger partial charge in [0.25, 0.3) is 0 Å². The molecule has 0 aromatic heterocycles. The predicted octanol–water partition coefficient (Wildman–Crippen LogP) is -0.825. The highest BCUT2D eigenvalue weighted by atomic mass is 16.6. The van der Waals surface area contributed by atoms with Crippen LogP contribution in [0.25, 0.3) is 0 Å². The maximum Gasteiger partial charge on any atom is 0.182 e. The summed E-state index contributed by atoms with van der Waals surface area (Å²) >= 11 is 0. The monoisotopic (exact) mass is 217 g/mol. The van der Waals surface area contributed by atoms with E-state index in [1.54, 1.807) is 0 Å². The Morgan fingerprint density at radius 3 is 2.53 bits per heavy atom. The first-order valence-corrected chi connectivity index (χ1v) is 5.52. The van der Waals surface area contributed by atoms with E-state index in [2.05, 4.69) is 4.90 Å². The second-order valence-electron chi connectivity index (χ2n) is 4.28. The van der Waals surface area contributed by atoms with Gasteiger partial charge in [0.05, 0.1) is 19.3 Å². The van der Waals surface area contributed by atoms with E-state index in [0.29, 0.717) is 13.2 Å². The van der Waals surface area contributed by atoms with Gasteiger partial charge in [-0.3, -0.25) is 4.90 Å². The van der Waals surface area contributed by atoms with Crippen molar-refractivity contribution in [1.29, 1.82) is 0 Å². The minimum atomic E-state index is -1.05. The molecule has 3 unspecified atom stereocenters. The van der Waals surface area contributed by atoms with Gasteiger partial charge in [-0.15, -0.1) is 0 Å². The topological polar surface area (TPSA) is 62.2 Å².